The van der Waals surface area contributed by atoms with Crippen LogP contribution in [0.15, 0.2) is 34.1 Å². The second kappa shape index (κ2) is 7.25. The number of aromatic nitrogens is 3. The first-order valence-corrected chi connectivity index (χ1v) is 13.0. The number of hydrogen-bond acceptors (Lipinski definition) is 6. The van der Waals surface area contributed by atoms with Gasteiger partial charge in [0.1, 0.15) is 5.82 Å². The summed E-state index contributed by atoms with van der Waals surface area (Å²) in [6.45, 7) is 0.790. The van der Waals surface area contributed by atoms with Crippen LogP contribution in [0.2, 0.25) is 0 Å². The molecule has 2 saturated carbocycles. The Balaban J connectivity index is 1.23. The number of nitrogens with zero attached hydrogens (tertiary/aromatic N) is 4. The Kier molecular flexibility index (Phi) is 4.54. The number of carbonyl (C=O) groups is 1. The largest absolute Gasteiger partial charge is 0.330 e. The van der Waals surface area contributed by atoms with E-state index in [1.54, 1.807) is 23.1 Å². The second-order valence-electron chi connectivity index (χ2n) is 8.06. The summed E-state index contributed by atoms with van der Waals surface area (Å²) < 4.78 is 2.33. The Labute approximate surface area is 182 Å². The van der Waals surface area contributed by atoms with Gasteiger partial charge in [0, 0.05) is 28.3 Å². The highest BCUT2D eigenvalue weighted by molar-refractivity contribution is 7.99. The van der Waals surface area contributed by atoms with Crippen LogP contribution in [-0.4, -0.2) is 37.9 Å². The van der Waals surface area contributed by atoms with Crippen molar-refractivity contribution in [3.63, 3.8) is 0 Å². The van der Waals surface area contributed by atoms with Crippen molar-refractivity contribution < 1.29 is 4.79 Å². The number of fused-ring (bicyclic) bond motifs is 1. The van der Waals surface area contributed by atoms with Gasteiger partial charge in [-0.2, -0.15) is 0 Å². The van der Waals surface area contributed by atoms with Crippen molar-refractivity contribution in [2.24, 2.45) is 0 Å². The lowest BCUT2D eigenvalue weighted by atomic mass is 9.98. The maximum Gasteiger partial charge on any atom is 0.233 e. The summed E-state index contributed by atoms with van der Waals surface area (Å²) in [6, 6.07) is 7.04. The van der Waals surface area contributed by atoms with Crippen molar-refractivity contribution in [2.75, 3.05) is 12.3 Å². The maximum absolute atomic E-state index is 13.3. The van der Waals surface area contributed by atoms with Crippen molar-refractivity contribution in [3.05, 3.63) is 50.1 Å². The minimum Gasteiger partial charge on any atom is -0.330 e. The van der Waals surface area contributed by atoms with Gasteiger partial charge in [-0.1, -0.05) is 17.8 Å². The highest BCUT2D eigenvalue weighted by Gasteiger charge is 2.37. The van der Waals surface area contributed by atoms with Crippen LogP contribution in [0.5, 0.6) is 0 Å². The number of amides is 1. The lowest BCUT2D eigenvalue weighted by Crippen LogP contribution is -2.40. The molecule has 3 aliphatic rings. The van der Waals surface area contributed by atoms with E-state index in [9.17, 15) is 4.79 Å². The molecule has 0 bridgehead atoms. The number of rotatable bonds is 6. The SMILES string of the molecule is O=C(CSc1nnc(C2CC2)n1C1CC1)N1CCc2sccc2[C@@H]1c1cccs1. The minimum absolute atomic E-state index is 0.0569. The van der Waals surface area contributed by atoms with Crippen LogP contribution in [-0.2, 0) is 11.2 Å². The van der Waals surface area contributed by atoms with Gasteiger partial charge in [-0.05, 0) is 60.6 Å². The lowest BCUT2D eigenvalue weighted by molar-refractivity contribution is -0.130. The molecule has 3 aromatic heterocycles. The topological polar surface area (TPSA) is 51.0 Å². The second-order valence-corrected chi connectivity index (χ2v) is 11.0. The van der Waals surface area contributed by atoms with Crippen LogP contribution in [0.4, 0.5) is 0 Å². The molecule has 0 radical (unpaired) electrons. The monoisotopic (exact) mass is 442 g/mol. The molecule has 0 N–H and O–H groups in total. The molecule has 29 heavy (non-hydrogen) atoms. The fourth-order valence-corrected chi connectivity index (χ4v) is 6.89. The number of carbonyl (C=O) groups excluding carboxylic acids is 1. The summed E-state index contributed by atoms with van der Waals surface area (Å²) in [4.78, 5) is 18.1. The molecule has 3 aromatic rings. The molecule has 5 nitrogen and oxygen atoms in total. The van der Waals surface area contributed by atoms with E-state index < -0.39 is 0 Å². The third-order valence-electron chi connectivity index (χ3n) is 5.97. The predicted octanol–water partition coefficient (Wildman–Crippen LogP) is 4.88. The van der Waals surface area contributed by atoms with Gasteiger partial charge in [-0.25, -0.2) is 0 Å². The van der Waals surface area contributed by atoms with Gasteiger partial charge in [0.05, 0.1) is 11.8 Å². The van der Waals surface area contributed by atoms with Gasteiger partial charge in [-0.15, -0.1) is 32.9 Å². The fourth-order valence-electron chi connectivity index (χ4n) is 4.23. The van der Waals surface area contributed by atoms with Gasteiger partial charge in [0.2, 0.25) is 5.91 Å². The van der Waals surface area contributed by atoms with E-state index in [-0.39, 0.29) is 11.9 Å². The van der Waals surface area contributed by atoms with Crippen molar-refractivity contribution in [1.82, 2.24) is 19.7 Å². The zero-order valence-electron chi connectivity index (χ0n) is 16.0. The quantitative estimate of drug-likeness (QED) is 0.511. The van der Waals surface area contributed by atoms with Crippen molar-refractivity contribution in [3.8, 4) is 0 Å². The third kappa shape index (κ3) is 3.35. The van der Waals surface area contributed by atoms with Gasteiger partial charge < -0.3 is 9.47 Å². The van der Waals surface area contributed by atoms with E-state index in [1.165, 1.54) is 41.0 Å². The molecular formula is C21H22N4OS3. The molecule has 6 rings (SSSR count). The Morgan fingerprint density at radius 1 is 1.14 bits per heavy atom. The summed E-state index contributed by atoms with van der Waals surface area (Å²) in [5.74, 6) is 2.37. The molecule has 8 heteroatoms. The van der Waals surface area contributed by atoms with Gasteiger partial charge >= 0.3 is 0 Å². The van der Waals surface area contributed by atoms with Crippen molar-refractivity contribution in [2.45, 2.75) is 55.3 Å². The molecule has 4 heterocycles. The van der Waals surface area contributed by atoms with Crippen LogP contribution < -0.4 is 0 Å². The molecule has 150 valence electrons. The normalized spacial score (nSPS) is 21.4. The Hall–Kier alpha value is -1.64. The zero-order valence-corrected chi connectivity index (χ0v) is 18.4. The molecule has 1 atom stereocenters. The summed E-state index contributed by atoms with van der Waals surface area (Å²) in [7, 11) is 0. The number of thiophene rings is 2. The summed E-state index contributed by atoms with van der Waals surface area (Å²) in [5.41, 5.74) is 1.30. The Bertz CT molecular complexity index is 1030. The average Bonchev–Trinajstić information content (AvgIpc) is 3.60. The van der Waals surface area contributed by atoms with Crippen LogP contribution in [0, 0.1) is 0 Å². The molecule has 2 fully saturated rings. The molecular weight excluding hydrogens is 420 g/mol. The van der Waals surface area contributed by atoms with Crippen LogP contribution in [0.1, 0.15) is 64.8 Å². The first-order chi connectivity index (χ1) is 14.3. The van der Waals surface area contributed by atoms with E-state index in [0.717, 1.165) is 23.9 Å². The minimum atomic E-state index is 0.0569. The molecule has 0 spiro atoms. The van der Waals surface area contributed by atoms with E-state index in [2.05, 4.69) is 48.6 Å². The van der Waals surface area contributed by atoms with Gasteiger partial charge in [0.15, 0.2) is 5.16 Å². The highest BCUT2D eigenvalue weighted by Crippen LogP contribution is 2.46. The first kappa shape index (κ1) is 18.2. The molecule has 0 unspecified atom stereocenters. The van der Waals surface area contributed by atoms with Crippen LogP contribution in [0.3, 0.4) is 0 Å². The van der Waals surface area contributed by atoms with Gasteiger partial charge in [0.25, 0.3) is 0 Å². The number of thioether (sulfide) groups is 1. The zero-order chi connectivity index (χ0) is 19.4. The average molecular weight is 443 g/mol. The third-order valence-corrected chi connectivity index (χ3v) is 8.82. The number of hydrogen-bond donors (Lipinski definition) is 0. The maximum atomic E-state index is 13.3. The van der Waals surface area contributed by atoms with E-state index in [4.69, 9.17) is 0 Å². The van der Waals surface area contributed by atoms with Crippen LogP contribution >= 0.6 is 34.4 Å². The first-order valence-electron chi connectivity index (χ1n) is 10.3. The predicted molar refractivity (Wildman–Crippen MR) is 117 cm³/mol. The summed E-state index contributed by atoms with van der Waals surface area (Å²) in [5, 5.41) is 14.1. The molecule has 0 aromatic carbocycles. The van der Waals surface area contributed by atoms with E-state index in [1.807, 2.05) is 11.3 Å². The molecule has 1 amide bonds. The van der Waals surface area contributed by atoms with E-state index >= 15 is 0 Å². The lowest BCUT2D eigenvalue weighted by Gasteiger charge is -2.35. The highest BCUT2D eigenvalue weighted by atomic mass is 32.2. The molecule has 2 aliphatic carbocycles. The molecule has 0 saturated heterocycles. The van der Waals surface area contributed by atoms with Crippen molar-refractivity contribution in [1.29, 1.82) is 0 Å². The fraction of sp³-hybridized carbons (Fsp3) is 0.476. The Morgan fingerprint density at radius 3 is 2.79 bits per heavy atom. The summed E-state index contributed by atoms with van der Waals surface area (Å²) >= 11 is 5.12. The molecule has 1 aliphatic heterocycles. The van der Waals surface area contributed by atoms with Crippen molar-refractivity contribution >= 4 is 40.3 Å². The van der Waals surface area contributed by atoms with Crippen LogP contribution in [0.25, 0.3) is 0 Å². The smallest absolute Gasteiger partial charge is 0.233 e. The van der Waals surface area contributed by atoms with Gasteiger partial charge in [-0.3, -0.25) is 4.79 Å². The van der Waals surface area contributed by atoms with E-state index in [0.29, 0.717) is 17.7 Å². The summed E-state index contributed by atoms with van der Waals surface area (Å²) in [6.07, 6.45) is 5.84. The standard InChI is InChI=1S/C21H22N4OS3/c26-18(12-29-21-23-22-20(13-3-4-13)25(21)14-5-6-14)24-9-7-16-15(8-11-28-16)19(24)17-2-1-10-27-17/h1-2,8,10-11,13-14,19H,3-7,9,12H2/t19-/m1/s1. The Morgan fingerprint density at radius 2 is 2.03 bits per heavy atom.